The Bertz CT molecular complexity index is 413. The van der Waals surface area contributed by atoms with E-state index in [-0.39, 0.29) is 0 Å². The minimum Gasteiger partial charge on any atom is -0.384 e. The third-order valence-electron chi connectivity index (χ3n) is 4.74. The lowest BCUT2D eigenvalue weighted by molar-refractivity contribution is 0.0468. The second-order valence-electron chi connectivity index (χ2n) is 6.43. The van der Waals surface area contributed by atoms with Crippen LogP contribution in [0.1, 0.15) is 45.6 Å². The summed E-state index contributed by atoms with van der Waals surface area (Å²) in [4.78, 5) is 0. The van der Waals surface area contributed by atoms with Gasteiger partial charge in [0.05, 0.1) is 6.20 Å². The molecule has 2 N–H and O–H groups in total. The van der Waals surface area contributed by atoms with E-state index in [1.165, 1.54) is 19.3 Å². The van der Waals surface area contributed by atoms with Gasteiger partial charge in [0.15, 0.2) is 0 Å². The van der Waals surface area contributed by atoms with Gasteiger partial charge in [0.1, 0.15) is 5.60 Å². The van der Waals surface area contributed by atoms with Gasteiger partial charge in [-0.1, -0.05) is 26.7 Å². The topological polar surface area (TPSA) is 50.1 Å². The van der Waals surface area contributed by atoms with Crippen LogP contribution in [-0.2, 0) is 12.6 Å². The fourth-order valence-corrected chi connectivity index (χ4v) is 3.00. The number of aromatic nitrogens is 2. The molecule has 1 fully saturated rings. The van der Waals surface area contributed by atoms with E-state index in [0.717, 1.165) is 11.5 Å². The van der Waals surface area contributed by atoms with Crippen LogP contribution in [0, 0.1) is 11.8 Å². The summed E-state index contributed by atoms with van der Waals surface area (Å²) < 4.78 is 1.73. The zero-order valence-corrected chi connectivity index (χ0v) is 12.6. The van der Waals surface area contributed by atoms with Gasteiger partial charge in [-0.25, -0.2) is 0 Å². The molecule has 19 heavy (non-hydrogen) atoms. The quantitative estimate of drug-likeness (QED) is 0.876. The van der Waals surface area contributed by atoms with Crippen molar-refractivity contribution in [2.24, 2.45) is 18.9 Å². The van der Waals surface area contributed by atoms with Crippen molar-refractivity contribution in [3.05, 3.63) is 18.0 Å². The van der Waals surface area contributed by atoms with E-state index in [4.69, 9.17) is 0 Å². The van der Waals surface area contributed by atoms with Crippen molar-refractivity contribution in [1.82, 2.24) is 15.1 Å². The lowest BCUT2D eigenvalue weighted by atomic mass is 9.78. The summed E-state index contributed by atoms with van der Waals surface area (Å²) >= 11 is 0. The third kappa shape index (κ3) is 3.37. The average molecular weight is 265 g/mol. The molecule has 1 aromatic heterocycles. The fourth-order valence-electron chi connectivity index (χ4n) is 3.00. The van der Waals surface area contributed by atoms with Crippen molar-refractivity contribution in [2.75, 3.05) is 6.54 Å². The molecule has 4 atom stereocenters. The van der Waals surface area contributed by atoms with Crippen LogP contribution in [0.2, 0.25) is 0 Å². The van der Waals surface area contributed by atoms with Crippen LogP contribution in [0.5, 0.6) is 0 Å². The monoisotopic (exact) mass is 265 g/mol. The molecule has 2 rings (SSSR count). The molecular weight excluding hydrogens is 238 g/mol. The van der Waals surface area contributed by atoms with Crippen LogP contribution >= 0.6 is 0 Å². The molecule has 1 heterocycles. The van der Waals surface area contributed by atoms with Gasteiger partial charge < -0.3 is 10.4 Å². The summed E-state index contributed by atoms with van der Waals surface area (Å²) in [5.41, 5.74) is 0.0216. The van der Waals surface area contributed by atoms with Crippen LogP contribution in [0.3, 0.4) is 0 Å². The lowest BCUT2D eigenvalue weighted by Gasteiger charge is -2.36. The maximum atomic E-state index is 10.6. The standard InChI is InChI=1S/C15H27N3O/c1-11-6-5-7-14(12(11)2)16-10-15(3,19)13-8-17-18(4)9-13/h8-9,11-12,14,16,19H,5-7,10H2,1-4H3/t11-,12+,14+,15-/m1/s1. The highest BCUT2D eigenvalue weighted by Crippen LogP contribution is 2.30. The first-order chi connectivity index (χ1) is 8.90. The Morgan fingerprint density at radius 3 is 2.84 bits per heavy atom. The lowest BCUT2D eigenvalue weighted by Crippen LogP contribution is -2.46. The van der Waals surface area contributed by atoms with Crippen LogP contribution in [-0.4, -0.2) is 27.5 Å². The van der Waals surface area contributed by atoms with E-state index in [9.17, 15) is 5.11 Å². The fraction of sp³-hybridized carbons (Fsp3) is 0.800. The Labute approximate surface area is 116 Å². The van der Waals surface area contributed by atoms with E-state index in [2.05, 4.69) is 24.3 Å². The molecule has 4 nitrogen and oxygen atoms in total. The van der Waals surface area contributed by atoms with Crippen molar-refractivity contribution in [3.63, 3.8) is 0 Å². The Kier molecular flexibility index (Phi) is 4.31. The Morgan fingerprint density at radius 2 is 2.21 bits per heavy atom. The molecule has 0 saturated heterocycles. The molecule has 0 aliphatic heterocycles. The number of hydrogen-bond acceptors (Lipinski definition) is 3. The maximum Gasteiger partial charge on any atom is 0.102 e. The van der Waals surface area contributed by atoms with Gasteiger partial charge in [-0.15, -0.1) is 0 Å². The molecule has 0 bridgehead atoms. The van der Waals surface area contributed by atoms with Crippen molar-refractivity contribution in [1.29, 1.82) is 0 Å². The average Bonchev–Trinajstić information content (AvgIpc) is 2.79. The first-order valence-electron chi connectivity index (χ1n) is 7.35. The number of nitrogens with one attached hydrogen (secondary N) is 1. The SMILES string of the molecule is C[C@H]1[C@H](C)CCC[C@@H]1NC[C@@](C)(O)c1cnn(C)c1. The zero-order chi connectivity index (χ0) is 14.0. The molecule has 108 valence electrons. The van der Waals surface area contributed by atoms with Gasteiger partial charge in [-0.2, -0.15) is 5.10 Å². The van der Waals surface area contributed by atoms with Crippen LogP contribution in [0.15, 0.2) is 12.4 Å². The summed E-state index contributed by atoms with van der Waals surface area (Å²) in [6.07, 6.45) is 7.47. The van der Waals surface area contributed by atoms with E-state index in [0.29, 0.717) is 18.5 Å². The minimum atomic E-state index is -0.853. The highest BCUT2D eigenvalue weighted by atomic mass is 16.3. The molecule has 0 aromatic carbocycles. The second-order valence-corrected chi connectivity index (χ2v) is 6.43. The normalized spacial score (nSPS) is 31.1. The largest absolute Gasteiger partial charge is 0.384 e. The first kappa shape index (κ1) is 14.5. The molecule has 1 aromatic rings. The van der Waals surface area contributed by atoms with Crippen LogP contribution in [0.4, 0.5) is 0 Å². The minimum absolute atomic E-state index is 0.520. The number of hydrogen-bond donors (Lipinski definition) is 2. The Morgan fingerprint density at radius 1 is 1.47 bits per heavy atom. The van der Waals surface area contributed by atoms with Gasteiger partial charge >= 0.3 is 0 Å². The third-order valence-corrected chi connectivity index (χ3v) is 4.74. The molecule has 1 saturated carbocycles. The molecule has 1 aliphatic carbocycles. The number of nitrogens with zero attached hydrogens (tertiary/aromatic N) is 2. The van der Waals surface area contributed by atoms with Gasteiger partial charge in [-0.3, -0.25) is 4.68 Å². The Hall–Kier alpha value is -0.870. The van der Waals surface area contributed by atoms with E-state index in [1.807, 2.05) is 20.2 Å². The predicted molar refractivity (Wildman–Crippen MR) is 76.7 cm³/mol. The molecule has 0 unspecified atom stereocenters. The van der Waals surface area contributed by atoms with Crippen molar-refractivity contribution in [2.45, 2.75) is 51.7 Å². The van der Waals surface area contributed by atoms with E-state index < -0.39 is 5.60 Å². The summed E-state index contributed by atoms with van der Waals surface area (Å²) in [6.45, 7) is 7.09. The number of aliphatic hydroxyl groups is 1. The maximum absolute atomic E-state index is 10.6. The molecular formula is C15H27N3O. The van der Waals surface area contributed by atoms with Gasteiger partial charge in [0.25, 0.3) is 0 Å². The first-order valence-corrected chi connectivity index (χ1v) is 7.35. The number of rotatable bonds is 4. The van der Waals surface area contributed by atoms with Gasteiger partial charge in [0, 0.05) is 31.4 Å². The van der Waals surface area contributed by atoms with Crippen molar-refractivity contribution < 1.29 is 5.11 Å². The van der Waals surface area contributed by atoms with Gasteiger partial charge in [0.2, 0.25) is 0 Å². The summed E-state index contributed by atoms with van der Waals surface area (Å²) in [5.74, 6) is 1.45. The highest BCUT2D eigenvalue weighted by molar-refractivity contribution is 5.14. The summed E-state index contributed by atoms with van der Waals surface area (Å²) in [6, 6.07) is 0.520. The molecule has 0 spiro atoms. The Balaban J connectivity index is 1.94. The second kappa shape index (κ2) is 5.63. The molecule has 0 radical (unpaired) electrons. The van der Waals surface area contributed by atoms with E-state index in [1.54, 1.807) is 10.9 Å². The smallest absolute Gasteiger partial charge is 0.102 e. The molecule has 4 heteroatoms. The van der Waals surface area contributed by atoms with Gasteiger partial charge in [-0.05, 0) is 25.2 Å². The molecule has 0 amide bonds. The number of aryl methyl sites for hydroxylation is 1. The van der Waals surface area contributed by atoms with Crippen LogP contribution in [0.25, 0.3) is 0 Å². The van der Waals surface area contributed by atoms with E-state index >= 15 is 0 Å². The summed E-state index contributed by atoms with van der Waals surface area (Å²) in [5, 5.41) is 18.3. The van der Waals surface area contributed by atoms with Crippen LogP contribution < -0.4 is 5.32 Å². The predicted octanol–water partition coefficient (Wildman–Crippen LogP) is 2.04. The van der Waals surface area contributed by atoms with Crippen molar-refractivity contribution in [3.8, 4) is 0 Å². The highest BCUT2D eigenvalue weighted by Gasteiger charge is 2.30. The summed E-state index contributed by atoms with van der Waals surface area (Å²) in [7, 11) is 1.87. The zero-order valence-electron chi connectivity index (χ0n) is 12.6. The molecule has 1 aliphatic rings. The van der Waals surface area contributed by atoms with Crippen molar-refractivity contribution >= 4 is 0 Å².